The van der Waals surface area contributed by atoms with Crippen molar-refractivity contribution in [2.45, 2.75) is 31.7 Å². The van der Waals surface area contributed by atoms with Crippen LogP contribution in [0.1, 0.15) is 31.0 Å². The van der Waals surface area contributed by atoms with Crippen LogP contribution < -0.4 is 9.46 Å². The summed E-state index contributed by atoms with van der Waals surface area (Å²) in [6.45, 7) is 5.03. The van der Waals surface area contributed by atoms with Gasteiger partial charge in [0.05, 0.1) is 24.2 Å². The number of ether oxygens (including phenoxy) is 3. The van der Waals surface area contributed by atoms with Gasteiger partial charge in [0, 0.05) is 10.6 Å². The van der Waals surface area contributed by atoms with E-state index in [1.165, 1.54) is 30.3 Å². The predicted octanol–water partition coefficient (Wildman–Crippen LogP) is 3.44. The molecule has 0 spiro atoms. The van der Waals surface area contributed by atoms with Crippen molar-refractivity contribution in [1.82, 2.24) is 4.72 Å². The Bertz CT molecular complexity index is 1170. The molecule has 2 aromatic carbocycles. The second-order valence-corrected chi connectivity index (χ2v) is 8.99. The lowest BCUT2D eigenvalue weighted by Gasteiger charge is -2.29. The highest BCUT2D eigenvalue weighted by atomic mass is 35.5. The molecule has 8 nitrogen and oxygen atoms in total. The zero-order chi connectivity index (χ0) is 23.5. The SMILES string of the molecule is CCOC(=O)C1=C(C(=O)OCC)C(NS(=O)(=O)c2ccc(C)cc2)c2cc(Cl)ccc2O1. The van der Waals surface area contributed by atoms with E-state index in [0.717, 1.165) is 5.56 Å². The van der Waals surface area contributed by atoms with Crippen molar-refractivity contribution < 1.29 is 32.2 Å². The van der Waals surface area contributed by atoms with Crippen LogP contribution in [-0.2, 0) is 29.1 Å². The molecular formula is C22H22ClNO7S. The van der Waals surface area contributed by atoms with Gasteiger partial charge in [0.1, 0.15) is 11.3 Å². The van der Waals surface area contributed by atoms with Gasteiger partial charge in [0.25, 0.3) is 0 Å². The zero-order valence-electron chi connectivity index (χ0n) is 17.7. The molecule has 2 aromatic rings. The van der Waals surface area contributed by atoms with Gasteiger partial charge < -0.3 is 14.2 Å². The summed E-state index contributed by atoms with van der Waals surface area (Å²) in [5.41, 5.74) is 0.809. The molecule has 0 radical (unpaired) electrons. The summed E-state index contributed by atoms with van der Waals surface area (Å²) in [4.78, 5) is 25.4. The molecule has 0 fully saturated rings. The lowest BCUT2D eigenvalue weighted by molar-refractivity contribution is -0.144. The van der Waals surface area contributed by atoms with Crippen LogP contribution in [0.2, 0.25) is 5.02 Å². The molecule has 3 rings (SSSR count). The predicted molar refractivity (Wildman–Crippen MR) is 117 cm³/mol. The number of carbonyl (C=O) groups is 2. The number of sulfonamides is 1. The van der Waals surface area contributed by atoms with Gasteiger partial charge in [-0.05, 0) is 51.1 Å². The Kier molecular flexibility index (Phi) is 7.22. The van der Waals surface area contributed by atoms with Crippen LogP contribution in [0, 0.1) is 6.92 Å². The molecule has 0 aliphatic carbocycles. The summed E-state index contributed by atoms with van der Waals surface area (Å²) in [7, 11) is -4.12. The molecule has 0 saturated heterocycles. The van der Waals surface area contributed by atoms with Crippen LogP contribution in [0.25, 0.3) is 0 Å². The van der Waals surface area contributed by atoms with Crippen molar-refractivity contribution in [3.05, 3.63) is 69.9 Å². The number of halogens is 1. The highest BCUT2D eigenvalue weighted by Crippen LogP contribution is 2.41. The molecule has 1 atom stereocenters. The number of hydrogen-bond donors (Lipinski definition) is 1. The molecule has 1 aliphatic rings. The first-order chi connectivity index (χ1) is 15.2. The van der Waals surface area contributed by atoms with Crippen molar-refractivity contribution >= 4 is 33.6 Å². The van der Waals surface area contributed by atoms with Crippen LogP contribution in [0.15, 0.2) is 58.7 Å². The number of fused-ring (bicyclic) bond motifs is 1. The Labute approximate surface area is 191 Å². The van der Waals surface area contributed by atoms with Crippen molar-refractivity contribution in [3.8, 4) is 5.75 Å². The zero-order valence-corrected chi connectivity index (χ0v) is 19.2. The number of hydrogen-bond acceptors (Lipinski definition) is 7. The molecule has 0 saturated carbocycles. The first-order valence-electron chi connectivity index (χ1n) is 9.82. The summed E-state index contributed by atoms with van der Waals surface area (Å²) in [6, 6.07) is 9.33. The van der Waals surface area contributed by atoms with Crippen molar-refractivity contribution in [2.75, 3.05) is 13.2 Å². The summed E-state index contributed by atoms with van der Waals surface area (Å²) in [5, 5.41) is 0.287. The Morgan fingerprint density at radius 1 is 1.03 bits per heavy atom. The summed E-state index contributed by atoms with van der Waals surface area (Å²) >= 11 is 6.13. The van der Waals surface area contributed by atoms with E-state index in [1.807, 2.05) is 6.92 Å². The molecule has 1 N–H and O–H groups in total. The standard InChI is InChI=1S/C22H22ClNO7S/c1-4-29-21(25)18-19(24-32(27,28)15-9-6-13(3)7-10-15)16-12-14(23)8-11-17(16)31-20(18)22(26)30-5-2/h6-12,19,24H,4-5H2,1-3H3. The van der Waals surface area contributed by atoms with Crippen molar-refractivity contribution in [3.63, 3.8) is 0 Å². The highest BCUT2D eigenvalue weighted by Gasteiger charge is 2.41. The number of nitrogens with one attached hydrogen (secondary N) is 1. The van der Waals surface area contributed by atoms with Gasteiger partial charge in [-0.15, -0.1) is 0 Å². The number of esters is 2. The average Bonchev–Trinajstić information content (AvgIpc) is 2.74. The Balaban J connectivity index is 2.19. The van der Waals surface area contributed by atoms with E-state index in [0.29, 0.717) is 0 Å². The van der Waals surface area contributed by atoms with Crippen LogP contribution in [0.3, 0.4) is 0 Å². The molecule has 32 heavy (non-hydrogen) atoms. The Hall–Kier alpha value is -2.88. The summed E-state index contributed by atoms with van der Waals surface area (Å²) < 4.78 is 44.6. The third kappa shape index (κ3) is 4.95. The summed E-state index contributed by atoms with van der Waals surface area (Å²) in [6.07, 6.45) is 0. The quantitative estimate of drug-likeness (QED) is 0.606. The molecule has 0 amide bonds. The fourth-order valence-electron chi connectivity index (χ4n) is 3.12. The van der Waals surface area contributed by atoms with Crippen LogP contribution >= 0.6 is 11.6 Å². The average molecular weight is 480 g/mol. The van der Waals surface area contributed by atoms with Gasteiger partial charge >= 0.3 is 11.9 Å². The first-order valence-corrected chi connectivity index (χ1v) is 11.7. The first kappa shape index (κ1) is 23.8. The Morgan fingerprint density at radius 2 is 1.66 bits per heavy atom. The van der Waals surface area contributed by atoms with Crippen molar-refractivity contribution in [2.24, 2.45) is 0 Å². The maximum absolute atomic E-state index is 13.2. The van der Waals surface area contributed by atoms with Crippen LogP contribution in [0.4, 0.5) is 0 Å². The minimum absolute atomic E-state index is 0.00171. The van der Waals surface area contributed by atoms with Crippen LogP contribution in [0.5, 0.6) is 5.75 Å². The normalized spacial score (nSPS) is 15.6. The second kappa shape index (κ2) is 9.72. The number of benzene rings is 2. The van der Waals surface area contributed by atoms with E-state index in [9.17, 15) is 18.0 Å². The lowest BCUT2D eigenvalue weighted by Crippen LogP contribution is -2.37. The molecule has 10 heteroatoms. The Morgan fingerprint density at radius 3 is 2.28 bits per heavy atom. The van der Waals surface area contributed by atoms with E-state index in [2.05, 4.69) is 4.72 Å². The van der Waals surface area contributed by atoms with E-state index in [4.69, 9.17) is 25.8 Å². The second-order valence-electron chi connectivity index (χ2n) is 6.84. The third-order valence-corrected chi connectivity index (χ3v) is 6.26. The van der Waals surface area contributed by atoms with Gasteiger partial charge in [-0.25, -0.2) is 18.0 Å². The van der Waals surface area contributed by atoms with E-state index < -0.39 is 33.8 Å². The van der Waals surface area contributed by atoms with E-state index in [-0.39, 0.29) is 40.0 Å². The highest BCUT2D eigenvalue weighted by molar-refractivity contribution is 7.89. The van der Waals surface area contributed by atoms with Gasteiger partial charge in [-0.3, -0.25) is 0 Å². The number of rotatable bonds is 7. The maximum Gasteiger partial charge on any atom is 0.374 e. The number of carbonyl (C=O) groups excluding carboxylic acids is 2. The third-order valence-electron chi connectivity index (χ3n) is 4.59. The smallest absolute Gasteiger partial charge is 0.374 e. The minimum Gasteiger partial charge on any atom is -0.462 e. The van der Waals surface area contributed by atoms with Crippen molar-refractivity contribution in [1.29, 1.82) is 0 Å². The fourth-order valence-corrected chi connectivity index (χ4v) is 4.49. The summed E-state index contributed by atoms with van der Waals surface area (Å²) in [5.74, 6) is -2.13. The van der Waals surface area contributed by atoms with E-state index in [1.54, 1.807) is 26.0 Å². The topological polar surface area (TPSA) is 108 Å². The molecule has 1 unspecified atom stereocenters. The molecule has 0 bridgehead atoms. The molecule has 0 aromatic heterocycles. The molecule has 170 valence electrons. The van der Waals surface area contributed by atoms with Gasteiger partial charge in [-0.1, -0.05) is 29.3 Å². The monoisotopic (exact) mass is 479 g/mol. The molecular weight excluding hydrogens is 458 g/mol. The van der Waals surface area contributed by atoms with Gasteiger partial charge in [0.2, 0.25) is 15.8 Å². The van der Waals surface area contributed by atoms with Crippen LogP contribution in [-0.4, -0.2) is 33.6 Å². The van der Waals surface area contributed by atoms with Gasteiger partial charge in [-0.2, -0.15) is 4.72 Å². The minimum atomic E-state index is -4.12. The van der Waals surface area contributed by atoms with Gasteiger partial charge in [0.15, 0.2) is 0 Å². The molecule has 1 heterocycles. The molecule has 1 aliphatic heterocycles. The lowest BCUT2D eigenvalue weighted by atomic mass is 9.95. The largest absolute Gasteiger partial charge is 0.462 e. The maximum atomic E-state index is 13.2. The number of aryl methyl sites for hydroxylation is 1. The fraction of sp³-hybridized carbons (Fsp3) is 0.273. The van der Waals surface area contributed by atoms with E-state index >= 15 is 0 Å².